The second-order valence-electron chi connectivity index (χ2n) is 7.93. The van der Waals surface area contributed by atoms with Gasteiger partial charge in [0.25, 0.3) is 0 Å². The minimum atomic E-state index is -0.460. The number of fused-ring (bicyclic) bond motifs is 1. The standard InChI is InChI=1S/C27H28N2O4/c1-3-33-27(31)24-18-23(29-12-14-32-15-13-29)10-11-25(24)28-26(30)16-19(2)21-9-8-20-6-4-5-7-22(20)17-21/h4-11,16-18H,3,12-15H2,1-2H3,(H,28,30). The molecule has 170 valence electrons. The Hall–Kier alpha value is -3.64. The molecule has 0 atom stereocenters. The van der Waals surface area contributed by atoms with Crippen molar-refractivity contribution in [2.45, 2.75) is 13.8 Å². The van der Waals surface area contributed by atoms with Crippen molar-refractivity contribution in [1.82, 2.24) is 0 Å². The smallest absolute Gasteiger partial charge is 0.340 e. The number of nitrogens with one attached hydrogen (secondary N) is 1. The highest BCUT2D eigenvalue weighted by Gasteiger charge is 2.18. The van der Waals surface area contributed by atoms with Crippen LogP contribution in [-0.2, 0) is 14.3 Å². The van der Waals surface area contributed by atoms with E-state index in [1.165, 1.54) is 0 Å². The number of amides is 1. The lowest BCUT2D eigenvalue weighted by Gasteiger charge is -2.29. The monoisotopic (exact) mass is 444 g/mol. The molecular weight excluding hydrogens is 416 g/mol. The maximum absolute atomic E-state index is 12.8. The zero-order valence-electron chi connectivity index (χ0n) is 19.0. The lowest BCUT2D eigenvalue weighted by atomic mass is 10.0. The molecule has 1 fully saturated rings. The molecule has 1 saturated heterocycles. The molecule has 3 aromatic carbocycles. The van der Waals surface area contributed by atoms with E-state index in [1.54, 1.807) is 25.1 Å². The first-order chi connectivity index (χ1) is 16.0. The summed E-state index contributed by atoms with van der Waals surface area (Å²) in [7, 11) is 0. The van der Waals surface area contributed by atoms with Crippen LogP contribution < -0.4 is 10.2 Å². The van der Waals surface area contributed by atoms with Gasteiger partial charge in [-0.25, -0.2) is 4.79 Å². The van der Waals surface area contributed by atoms with Crippen molar-refractivity contribution in [2.75, 3.05) is 43.1 Å². The molecule has 1 aliphatic heterocycles. The van der Waals surface area contributed by atoms with E-state index in [0.717, 1.165) is 40.7 Å². The highest BCUT2D eigenvalue weighted by molar-refractivity contribution is 6.08. The molecule has 3 aromatic rings. The summed E-state index contributed by atoms with van der Waals surface area (Å²) in [6, 6.07) is 19.7. The summed E-state index contributed by atoms with van der Waals surface area (Å²) < 4.78 is 10.6. The van der Waals surface area contributed by atoms with Crippen molar-refractivity contribution < 1.29 is 19.1 Å². The van der Waals surface area contributed by atoms with Gasteiger partial charge in [-0.05, 0) is 60.0 Å². The fraction of sp³-hybridized carbons (Fsp3) is 0.259. The van der Waals surface area contributed by atoms with Crippen LogP contribution in [0.15, 0.2) is 66.7 Å². The molecule has 0 spiro atoms. The molecule has 1 aliphatic rings. The number of carbonyl (C=O) groups is 2. The van der Waals surface area contributed by atoms with E-state index in [0.29, 0.717) is 24.5 Å². The van der Waals surface area contributed by atoms with Crippen molar-refractivity contribution in [1.29, 1.82) is 0 Å². The highest BCUT2D eigenvalue weighted by Crippen LogP contribution is 2.26. The molecule has 0 aromatic heterocycles. The Kier molecular flexibility index (Phi) is 7.05. The lowest BCUT2D eigenvalue weighted by molar-refractivity contribution is -0.111. The quantitative estimate of drug-likeness (QED) is 0.433. The molecule has 0 aliphatic carbocycles. The van der Waals surface area contributed by atoms with Gasteiger partial charge in [0.2, 0.25) is 5.91 Å². The zero-order chi connectivity index (χ0) is 23.2. The van der Waals surface area contributed by atoms with Crippen LogP contribution in [0.3, 0.4) is 0 Å². The Balaban J connectivity index is 1.56. The lowest BCUT2D eigenvalue weighted by Crippen LogP contribution is -2.36. The molecule has 1 amide bonds. The highest BCUT2D eigenvalue weighted by atomic mass is 16.5. The van der Waals surface area contributed by atoms with Gasteiger partial charge in [-0.2, -0.15) is 0 Å². The second kappa shape index (κ2) is 10.3. The first kappa shape index (κ1) is 22.6. The fourth-order valence-electron chi connectivity index (χ4n) is 3.92. The normalized spacial score (nSPS) is 14.2. The van der Waals surface area contributed by atoms with E-state index in [2.05, 4.69) is 22.3 Å². The summed E-state index contributed by atoms with van der Waals surface area (Å²) in [6.45, 7) is 6.71. The van der Waals surface area contributed by atoms with Crippen molar-refractivity contribution in [3.63, 3.8) is 0 Å². The molecule has 0 bridgehead atoms. The maximum Gasteiger partial charge on any atom is 0.340 e. The molecule has 6 heteroatoms. The summed E-state index contributed by atoms with van der Waals surface area (Å²) >= 11 is 0. The summed E-state index contributed by atoms with van der Waals surface area (Å²) in [4.78, 5) is 27.6. The number of ether oxygens (including phenoxy) is 2. The van der Waals surface area contributed by atoms with E-state index in [4.69, 9.17) is 9.47 Å². The number of hydrogen-bond donors (Lipinski definition) is 1. The minimum Gasteiger partial charge on any atom is -0.462 e. The van der Waals surface area contributed by atoms with E-state index in [-0.39, 0.29) is 12.5 Å². The third kappa shape index (κ3) is 5.41. The molecule has 1 N–H and O–H groups in total. The summed E-state index contributed by atoms with van der Waals surface area (Å²) in [6.07, 6.45) is 1.55. The fourth-order valence-corrected chi connectivity index (χ4v) is 3.92. The van der Waals surface area contributed by atoms with Gasteiger partial charge >= 0.3 is 5.97 Å². The van der Waals surface area contributed by atoms with Crippen molar-refractivity contribution in [2.24, 2.45) is 0 Å². The van der Waals surface area contributed by atoms with Gasteiger partial charge < -0.3 is 19.7 Å². The number of allylic oxidation sites excluding steroid dienone is 1. The average molecular weight is 445 g/mol. The number of esters is 1. The molecular formula is C27H28N2O4. The minimum absolute atomic E-state index is 0.259. The van der Waals surface area contributed by atoms with E-state index < -0.39 is 5.97 Å². The van der Waals surface area contributed by atoms with Gasteiger partial charge in [0.15, 0.2) is 0 Å². The van der Waals surface area contributed by atoms with Crippen molar-refractivity contribution >= 4 is 39.6 Å². The Morgan fingerprint density at radius 3 is 2.55 bits per heavy atom. The summed E-state index contributed by atoms with van der Waals surface area (Å²) in [5.41, 5.74) is 3.48. The van der Waals surface area contributed by atoms with Gasteiger partial charge in [0.1, 0.15) is 0 Å². The van der Waals surface area contributed by atoms with Crippen LogP contribution >= 0.6 is 0 Å². The van der Waals surface area contributed by atoms with Crippen LogP contribution in [0.4, 0.5) is 11.4 Å². The van der Waals surface area contributed by atoms with Gasteiger partial charge in [0, 0.05) is 24.9 Å². The van der Waals surface area contributed by atoms with Gasteiger partial charge in [-0.3, -0.25) is 4.79 Å². The number of rotatable bonds is 6. The summed E-state index contributed by atoms with van der Waals surface area (Å²) in [5.74, 6) is -0.761. The van der Waals surface area contributed by atoms with Crippen LogP contribution in [0.1, 0.15) is 29.8 Å². The van der Waals surface area contributed by atoms with Crippen LogP contribution in [0, 0.1) is 0 Å². The third-order valence-corrected chi connectivity index (χ3v) is 5.69. The SMILES string of the molecule is CCOC(=O)c1cc(N2CCOCC2)ccc1NC(=O)C=C(C)c1ccc2ccccc2c1. The molecule has 33 heavy (non-hydrogen) atoms. The maximum atomic E-state index is 12.8. The first-order valence-electron chi connectivity index (χ1n) is 11.2. The van der Waals surface area contributed by atoms with Crippen LogP contribution in [0.2, 0.25) is 0 Å². The van der Waals surface area contributed by atoms with Crippen molar-refractivity contribution in [3.05, 3.63) is 77.9 Å². The molecule has 6 nitrogen and oxygen atoms in total. The van der Waals surface area contributed by atoms with Gasteiger partial charge in [0.05, 0.1) is 31.1 Å². The Morgan fingerprint density at radius 1 is 1.03 bits per heavy atom. The summed E-state index contributed by atoms with van der Waals surface area (Å²) in [5, 5.41) is 5.13. The second-order valence-corrected chi connectivity index (χ2v) is 7.93. The van der Waals surface area contributed by atoms with Crippen molar-refractivity contribution in [3.8, 4) is 0 Å². The third-order valence-electron chi connectivity index (χ3n) is 5.69. The number of morpholine rings is 1. The van der Waals surface area contributed by atoms with Gasteiger partial charge in [-0.1, -0.05) is 36.4 Å². The number of nitrogens with zero attached hydrogens (tertiary/aromatic N) is 1. The van der Waals surface area contributed by atoms with E-state index in [9.17, 15) is 9.59 Å². The molecule has 4 rings (SSSR count). The number of benzene rings is 3. The Morgan fingerprint density at radius 2 is 1.79 bits per heavy atom. The predicted octanol–water partition coefficient (Wildman–Crippen LogP) is 4.90. The Bertz CT molecular complexity index is 1200. The van der Waals surface area contributed by atoms with E-state index >= 15 is 0 Å². The topological polar surface area (TPSA) is 67.9 Å². The average Bonchev–Trinajstić information content (AvgIpc) is 2.84. The molecule has 0 radical (unpaired) electrons. The van der Waals surface area contributed by atoms with Gasteiger partial charge in [-0.15, -0.1) is 0 Å². The number of hydrogen-bond acceptors (Lipinski definition) is 5. The van der Waals surface area contributed by atoms with Crippen LogP contribution in [0.25, 0.3) is 16.3 Å². The Labute approximate surface area is 193 Å². The molecule has 0 saturated carbocycles. The largest absolute Gasteiger partial charge is 0.462 e. The molecule has 0 unspecified atom stereocenters. The van der Waals surface area contributed by atoms with Crippen LogP contribution in [0.5, 0.6) is 0 Å². The number of carbonyl (C=O) groups excluding carboxylic acids is 2. The molecule has 1 heterocycles. The first-order valence-corrected chi connectivity index (χ1v) is 11.2. The number of anilines is 2. The van der Waals surface area contributed by atoms with Crippen LogP contribution in [-0.4, -0.2) is 44.8 Å². The van der Waals surface area contributed by atoms with E-state index in [1.807, 2.05) is 43.3 Å². The zero-order valence-corrected chi connectivity index (χ0v) is 19.0. The predicted molar refractivity (Wildman–Crippen MR) is 132 cm³/mol.